The standard InChI is InChI=1S/C14H11NO2/c1-10-5-2-3-6-11(10)12(9-15)14(16)13-7-4-8-17-13/h2-8,12H,1H3. The molecule has 0 aliphatic heterocycles. The van der Waals surface area contributed by atoms with Crippen LogP contribution in [-0.2, 0) is 0 Å². The fraction of sp³-hybridized carbons (Fsp3) is 0.143. The van der Waals surface area contributed by atoms with E-state index in [0.717, 1.165) is 11.1 Å². The molecule has 3 heteroatoms. The van der Waals surface area contributed by atoms with Crippen LogP contribution in [0.4, 0.5) is 0 Å². The highest BCUT2D eigenvalue weighted by Gasteiger charge is 2.24. The zero-order valence-corrected chi connectivity index (χ0v) is 9.38. The summed E-state index contributed by atoms with van der Waals surface area (Å²) in [5.74, 6) is -0.881. The van der Waals surface area contributed by atoms with Crippen molar-refractivity contribution >= 4 is 5.78 Å². The van der Waals surface area contributed by atoms with E-state index in [9.17, 15) is 4.79 Å². The Morgan fingerprint density at radius 1 is 1.29 bits per heavy atom. The first-order valence-corrected chi connectivity index (χ1v) is 5.27. The van der Waals surface area contributed by atoms with E-state index in [1.165, 1.54) is 6.26 Å². The summed E-state index contributed by atoms with van der Waals surface area (Å²) in [5, 5.41) is 9.16. The molecule has 1 aromatic heterocycles. The third kappa shape index (κ3) is 2.11. The number of hydrogen-bond acceptors (Lipinski definition) is 3. The van der Waals surface area contributed by atoms with Gasteiger partial charge in [-0.2, -0.15) is 5.26 Å². The highest BCUT2D eigenvalue weighted by Crippen LogP contribution is 2.23. The molecule has 0 radical (unpaired) electrons. The SMILES string of the molecule is Cc1ccccc1C(C#N)C(=O)c1ccco1. The van der Waals surface area contributed by atoms with Crippen LogP contribution in [0.25, 0.3) is 0 Å². The van der Waals surface area contributed by atoms with Gasteiger partial charge in [0.15, 0.2) is 5.76 Å². The first-order chi connectivity index (χ1) is 8.24. The fourth-order valence-corrected chi connectivity index (χ4v) is 1.74. The minimum atomic E-state index is -0.803. The Labute approximate surface area is 99.3 Å². The van der Waals surface area contributed by atoms with Gasteiger partial charge in [0.25, 0.3) is 0 Å². The molecule has 1 heterocycles. The lowest BCUT2D eigenvalue weighted by Crippen LogP contribution is -2.11. The number of aryl methyl sites for hydroxylation is 1. The Hall–Kier alpha value is -2.34. The molecule has 84 valence electrons. The van der Waals surface area contributed by atoms with E-state index < -0.39 is 5.92 Å². The molecular weight excluding hydrogens is 214 g/mol. The first kappa shape index (κ1) is 11.2. The molecule has 1 unspecified atom stereocenters. The number of rotatable bonds is 3. The van der Waals surface area contributed by atoms with E-state index in [1.807, 2.05) is 31.2 Å². The number of benzene rings is 1. The molecule has 17 heavy (non-hydrogen) atoms. The van der Waals surface area contributed by atoms with Crippen LogP contribution < -0.4 is 0 Å². The van der Waals surface area contributed by atoms with Crippen molar-refractivity contribution in [2.24, 2.45) is 0 Å². The molecular formula is C14H11NO2. The predicted octanol–water partition coefficient (Wildman–Crippen LogP) is 3.08. The number of Topliss-reactive ketones (excluding diaryl/α,β-unsaturated/α-hetero) is 1. The van der Waals surface area contributed by atoms with Crippen molar-refractivity contribution in [3.8, 4) is 6.07 Å². The summed E-state index contributed by atoms with van der Waals surface area (Å²) in [4.78, 5) is 12.1. The van der Waals surface area contributed by atoms with Gasteiger partial charge in [-0.25, -0.2) is 0 Å². The number of furan rings is 1. The van der Waals surface area contributed by atoms with Crippen LogP contribution in [0.5, 0.6) is 0 Å². The van der Waals surface area contributed by atoms with Crippen molar-refractivity contribution in [3.63, 3.8) is 0 Å². The second kappa shape index (κ2) is 4.67. The summed E-state index contributed by atoms with van der Waals surface area (Å²) in [6.45, 7) is 1.88. The molecule has 0 amide bonds. The van der Waals surface area contributed by atoms with Crippen LogP contribution in [0.15, 0.2) is 47.1 Å². The van der Waals surface area contributed by atoms with Gasteiger partial charge in [0.1, 0.15) is 5.92 Å². The maximum absolute atomic E-state index is 12.1. The number of hydrogen-bond donors (Lipinski definition) is 0. The van der Waals surface area contributed by atoms with Gasteiger partial charge in [-0.1, -0.05) is 24.3 Å². The number of carbonyl (C=O) groups excluding carboxylic acids is 1. The fourth-order valence-electron chi connectivity index (χ4n) is 1.74. The smallest absolute Gasteiger partial charge is 0.219 e. The van der Waals surface area contributed by atoms with Crippen LogP contribution >= 0.6 is 0 Å². The molecule has 1 atom stereocenters. The van der Waals surface area contributed by atoms with Crippen molar-refractivity contribution in [1.29, 1.82) is 5.26 Å². The van der Waals surface area contributed by atoms with Crippen LogP contribution in [-0.4, -0.2) is 5.78 Å². The van der Waals surface area contributed by atoms with E-state index in [2.05, 4.69) is 0 Å². The van der Waals surface area contributed by atoms with Gasteiger partial charge < -0.3 is 4.42 Å². The normalized spacial score (nSPS) is 11.8. The molecule has 2 aromatic rings. The Balaban J connectivity index is 2.39. The monoisotopic (exact) mass is 225 g/mol. The van der Waals surface area contributed by atoms with Crippen LogP contribution in [0.1, 0.15) is 27.6 Å². The highest BCUT2D eigenvalue weighted by atomic mass is 16.3. The molecule has 0 aliphatic rings. The molecule has 0 N–H and O–H groups in total. The molecule has 1 aromatic carbocycles. The molecule has 0 bridgehead atoms. The van der Waals surface area contributed by atoms with Crippen molar-refractivity contribution in [2.45, 2.75) is 12.8 Å². The average molecular weight is 225 g/mol. The topological polar surface area (TPSA) is 54.0 Å². The van der Waals surface area contributed by atoms with Gasteiger partial charge >= 0.3 is 0 Å². The highest BCUT2D eigenvalue weighted by molar-refractivity contribution is 6.00. The lowest BCUT2D eigenvalue weighted by Gasteiger charge is -2.09. The molecule has 0 saturated carbocycles. The molecule has 2 rings (SSSR count). The molecule has 0 saturated heterocycles. The van der Waals surface area contributed by atoms with Crippen LogP contribution in [0.2, 0.25) is 0 Å². The zero-order valence-electron chi connectivity index (χ0n) is 9.38. The van der Waals surface area contributed by atoms with Gasteiger partial charge in [0.2, 0.25) is 5.78 Å². The van der Waals surface area contributed by atoms with E-state index >= 15 is 0 Å². The molecule has 0 spiro atoms. The Morgan fingerprint density at radius 3 is 2.65 bits per heavy atom. The van der Waals surface area contributed by atoms with Crippen molar-refractivity contribution < 1.29 is 9.21 Å². The summed E-state index contributed by atoms with van der Waals surface area (Å²) in [6, 6.07) is 12.6. The Kier molecular flexibility index (Phi) is 3.06. The number of carbonyl (C=O) groups is 1. The Morgan fingerprint density at radius 2 is 2.06 bits per heavy atom. The summed E-state index contributed by atoms with van der Waals surface area (Å²) < 4.78 is 5.04. The van der Waals surface area contributed by atoms with Crippen molar-refractivity contribution in [2.75, 3.05) is 0 Å². The number of nitriles is 1. The lowest BCUT2D eigenvalue weighted by molar-refractivity contribution is 0.0951. The maximum Gasteiger partial charge on any atom is 0.219 e. The van der Waals surface area contributed by atoms with E-state index in [1.54, 1.807) is 18.2 Å². The quantitative estimate of drug-likeness (QED) is 0.754. The number of nitrogens with zero attached hydrogens (tertiary/aromatic N) is 1. The minimum Gasteiger partial charge on any atom is -0.461 e. The van der Waals surface area contributed by atoms with E-state index in [-0.39, 0.29) is 11.5 Å². The predicted molar refractivity (Wildman–Crippen MR) is 62.6 cm³/mol. The second-order valence-corrected chi connectivity index (χ2v) is 3.76. The van der Waals surface area contributed by atoms with Crippen molar-refractivity contribution in [1.82, 2.24) is 0 Å². The summed E-state index contributed by atoms with van der Waals surface area (Å²) in [5.41, 5.74) is 1.66. The van der Waals surface area contributed by atoms with Gasteiger partial charge in [-0.05, 0) is 30.2 Å². The third-order valence-corrected chi connectivity index (χ3v) is 2.65. The molecule has 0 aliphatic carbocycles. The molecule has 3 nitrogen and oxygen atoms in total. The van der Waals surface area contributed by atoms with Gasteiger partial charge in [-0.3, -0.25) is 4.79 Å². The maximum atomic E-state index is 12.1. The number of ketones is 1. The average Bonchev–Trinajstić information content (AvgIpc) is 2.86. The van der Waals surface area contributed by atoms with Crippen molar-refractivity contribution in [3.05, 3.63) is 59.5 Å². The van der Waals surface area contributed by atoms with Crippen LogP contribution in [0, 0.1) is 18.3 Å². The molecule has 0 fully saturated rings. The zero-order chi connectivity index (χ0) is 12.3. The minimum absolute atomic E-state index is 0.222. The van der Waals surface area contributed by atoms with E-state index in [0.29, 0.717) is 0 Å². The summed E-state index contributed by atoms with van der Waals surface area (Å²) >= 11 is 0. The lowest BCUT2D eigenvalue weighted by atomic mass is 9.91. The largest absolute Gasteiger partial charge is 0.461 e. The van der Waals surface area contributed by atoms with E-state index in [4.69, 9.17) is 9.68 Å². The Bertz CT molecular complexity index is 564. The first-order valence-electron chi connectivity index (χ1n) is 5.27. The van der Waals surface area contributed by atoms with Gasteiger partial charge in [0, 0.05) is 0 Å². The summed E-state index contributed by atoms with van der Waals surface area (Å²) in [6.07, 6.45) is 1.43. The third-order valence-electron chi connectivity index (χ3n) is 2.65. The van der Waals surface area contributed by atoms with Gasteiger partial charge in [0.05, 0.1) is 12.3 Å². The van der Waals surface area contributed by atoms with Crippen LogP contribution in [0.3, 0.4) is 0 Å². The van der Waals surface area contributed by atoms with Gasteiger partial charge in [-0.15, -0.1) is 0 Å². The summed E-state index contributed by atoms with van der Waals surface area (Å²) in [7, 11) is 0. The second-order valence-electron chi connectivity index (χ2n) is 3.76.